The molecule has 0 saturated heterocycles. The van der Waals surface area contributed by atoms with Crippen LogP contribution >= 0.6 is 27.3 Å². The van der Waals surface area contributed by atoms with Crippen molar-refractivity contribution in [2.75, 3.05) is 7.11 Å². The summed E-state index contributed by atoms with van der Waals surface area (Å²) in [5.74, 6) is -0.844. The Balaban J connectivity index is 2.43. The van der Waals surface area contributed by atoms with Gasteiger partial charge < -0.3 is 4.74 Å². The van der Waals surface area contributed by atoms with Crippen LogP contribution in [-0.4, -0.2) is 18.1 Å². The third kappa shape index (κ3) is 2.53. The van der Waals surface area contributed by atoms with Gasteiger partial charge in [0.1, 0.15) is 15.7 Å². The second kappa shape index (κ2) is 4.93. The molecule has 17 heavy (non-hydrogen) atoms. The minimum atomic E-state index is -0.468. The van der Waals surface area contributed by atoms with Gasteiger partial charge in [0.05, 0.1) is 13.3 Å². The molecular weight excluding hydrogens is 309 g/mol. The number of benzene rings is 1. The molecule has 0 amide bonds. The zero-order chi connectivity index (χ0) is 12.4. The van der Waals surface area contributed by atoms with Gasteiger partial charge in [-0.15, -0.1) is 11.3 Å². The Morgan fingerprint density at radius 3 is 3.00 bits per heavy atom. The largest absolute Gasteiger partial charge is 0.465 e. The van der Waals surface area contributed by atoms with Crippen molar-refractivity contribution in [1.82, 2.24) is 4.98 Å². The lowest BCUT2D eigenvalue weighted by atomic mass is 10.2. The van der Waals surface area contributed by atoms with E-state index in [1.807, 2.05) is 0 Å². The minimum absolute atomic E-state index is 0.349. The van der Waals surface area contributed by atoms with Crippen molar-refractivity contribution in [3.05, 3.63) is 39.6 Å². The van der Waals surface area contributed by atoms with Gasteiger partial charge in [0, 0.05) is 10.0 Å². The second-order valence-corrected chi connectivity index (χ2v) is 5.09. The molecule has 6 heteroatoms. The molecule has 0 radical (unpaired) electrons. The number of thiazole rings is 1. The first-order valence-corrected chi connectivity index (χ1v) is 6.22. The second-order valence-electron chi connectivity index (χ2n) is 3.15. The van der Waals surface area contributed by atoms with Gasteiger partial charge in [-0.25, -0.2) is 14.2 Å². The smallest absolute Gasteiger partial charge is 0.349 e. The van der Waals surface area contributed by atoms with Gasteiger partial charge in [-0.1, -0.05) is 15.9 Å². The van der Waals surface area contributed by atoms with Crippen LogP contribution in [-0.2, 0) is 4.74 Å². The first-order valence-electron chi connectivity index (χ1n) is 4.61. The number of rotatable bonds is 2. The molecule has 0 atom stereocenters. The van der Waals surface area contributed by atoms with Crippen molar-refractivity contribution in [1.29, 1.82) is 0 Å². The van der Waals surface area contributed by atoms with Gasteiger partial charge in [-0.3, -0.25) is 0 Å². The van der Waals surface area contributed by atoms with Crippen molar-refractivity contribution >= 4 is 33.2 Å². The Kier molecular flexibility index (Phi) is 3.54. The van der Waals surface area contributed by atoms with Crippen LogP contribution in [0.1, 0.15) is 9.67 Å². The van der Waals surface area contributed by atoms with E-state index in [1.54, 1.807) is 12.1 Å². The fraction of sp³-hybridized carbons (Fsp3) is 0.0909. The van der Waals surface area contributed by atoms with E-state index in [0.717, 1.165) is 15.8 Å². The standard InChI is InChI=1S/C11H7BrFNO2S/c1-16-11(15)9-5-14-10(17-9)7-4-6(12)2-3-8(7)13/h2-5H,1H3. The van der Waals surface area contributed by atoms with Gasteiger partial charge in [0.15, 0.2) is 0 Å². The number of hydrogen-bond donors (Lipinski definition) is 0. The summed E-state index contributed by atoms with van der Waals surface area (Å²) in [4.78, 5) is 15.6. The molecule has 88 valence electrons. The van der Waals surface area contributed by atoms with E-state index in [4.69, 9.17) is 0 Å². The molecule has 0 aliphatic rings. The number of ether oxygens (including phenoxy) is 1. The van der Waals surface area contributed by atoms with Gasteiger partial charge in [-0.2, -0.15) is 0 Å². The molecule has 2 aromatic rings. The van der Waals surface area contributed by atoms with E-state index >= 15 is 0 Å². The number of nitrogens with zero attached hydrogens (tertiary/aromatic N) is 1. The van der Waals surface area contributed by atoms with Crippen molar-refractivity contribution in [2.45, 2.75) is 0 Å². The minimum Gasteiger partial charge on any atom is -0.465 e. The van der Waals surface area contributed by atoms with Gasteiger partial charge in [0.25, 0.3) is 0 Å². The first kappa shape index (κ1) is 12.2. The Morgan fingerprint density at radius 1 is 1.53 bits per heavy atom. The van der Waals surface area contributed by atoms with E-state index in [0.29, 0.717) is 15.4 Å². The highest BCUT2D eigenvalue weighted by Crippen LogP contribution is 2.29. The molecule has 0 aliphatic carbocycles. The highest BCUT2D eigenvalue weighted by molar-refractivity contribution is 9.10. The third-order valence-electron chi connectivity index (χ3n) is 2.05. The average Bonchev–Trinajstić information content (AvgIpc) is 2.80. The number of carbonyl (C=O) groups is 1. The summed E-state index contributed by atoms with van der Waals surface area (Å²) in [5, 5.41) is 0.448. The molecule has 3 nitrogen and oxygen atoms in total. The van der Waals surface area contributed by atoms with Crippen LogP contribution in [0.4, 0.5) is 4.39 Å². The van der Waals surface area contributed by atoms with Gasteiger partial charge >= 0.3 is 5.97 Å². The Bertz CT molecular complexity index is 570. The lowest BCUT2D eigenvalue weighted by molar-refractivity contribution is 0.0606. The Hall–Kier alpha value is -1.27. The lowest BCUT2D eigenvalue weighted by Crippen LogP contribution is -1.96. The first-order chi connectivity index (χ1) is 8.11. The van der Waals surface area contributed by atoms with E-state index in [1.165, 1.54) is 19.4 Å². The maximum Gasteiger partial charge on any atom is 0.349 e. The molecule has 0 N–H and O–H groups in total. The third-order valence-corrected chi connectivity index (χ3v) is 3.55. The van der Waals surface area contributed by atoms with E-state index in [2.05, 4.69) is 25.7 Å². The highest BCUT2D eigenvalue weighted by Gasteiger charge is 2.14. The van der Waals surface area contributed by atoms with Crippen molar-refractivity contribution in [2.24, 2.45) is 0 Å². The molecule has 1 aromatic carbocycles. The zero-order valence-electron chi connectivity index (χ0n) is 8.74. The van der Waals surface area contributed by atoms with Gasteiger partial charge in [-0.05, 0) is 18.2 Å². The summed E-state index contributed by atoms with van der Waals surface area (Å²) in [6.07, 6.45) is 1.38. The van der Waals surface area contributed by atoms with Crippen LogP contribution in [0.2, 0.25) is 0 Å². The molecular formula is C11H7BrFNO2S. The lowest BCUT2D eigenvalue weighted by Gasteiger charge is -1.99. The number of halogens is 2. The summed E-state index contributed by atoms with van der Waals surface area (Å²) in [7, 11) is 1.29. The van der Waals surface area contributed by atoms with E-state index in [9.17, 15) is 9.18 Å². The number of methoxy groups -OCH3 is 1. The summed E-state index contributed by atoms with van der Waals surface area (Å²) in [6.45, 7) is 0. The summed E-state index contributed by atoms with van der Waals surface area (Å²) in [5.41, 5.74) is 0.361. The topological polar surface area (TPSA) is 39.2 Å². The van der Waals surface area contributed by atoms with E-state index < -0.39 is 5.97 Å². The molecule has 1 heterocycles. The molecule has 0 unspecified atom stereocenters. The quantitative estimate of drug-likeness (QED) is 0.796. The van der Waals surface area contributed by atoms with E-state index in [-0.39, 0.29) is 5.82 Å². The summed E-state index contributed by atoms with van der Waals surface area (Å²) in [6, 6.07) is 4.57. The highest BCUT2D eigenvalue weighted by atomic mass is 79.9. The number of carbonyl (C=O) groups excluding carboxylic acids is 1. The zero-order valence-corrected chi connectivity index (χ0v) is 11.1. The van der Waals surface area contributed by atoms with Crippen LogP contribution < -0.4 is 0 Å². The van der Waals surface area contributed by atoms with Crippen LogP contribution in [0.3, 0.4) is 0 Å². The molecule has 0 fully saturated rings. The summed E-state index contributed by atoms with van der Waals surface area (Å²) < 4.78 is 18.9. The predicted molar refractivity (Wildman–Crippen MR) is 66.5 cm³/mol. The van der Waals surface area contributed by atoms with Crippen molar-refractivity contribution < 1.29 is 13.9 Å². The molecule has 2 rings (SSSR count). The van der Waals surface area contributed by atoms with Crippen LogP contribution in [0, 0.1) is 5.82 Å². The Morgan fingerprint density at radius 2 is 2.29 bits per heavy atom. The number of hydrogen-bond acceptors (Lipinski definition) is 4. The average molecular weight is 316 g/mol. The number of aromatic nitrogens is 1. The normalized spacial score (nSPS) is 10.3. The fourth-order valence-corrected chi connectivity index (χ4v) is 2.47. The number of esters is 1. The maximum absolute atomic E-state index is 13.6. The Labute approximate surface area is 109 Å². The molecule has 0 saturated carbocycles. The van der Waals surface area contributed by atoms with Crippen molar-refractivity contribution in [3.8, 4) is 10.6 Å². The molecule has 1 aromatic heterocycles. The maximum atomic E-state index is 13.6. The van der Waals surface area contributed by atoms with Crippen molar-refractivity contribution in [3.63, 3.8) is 0 Å². The predicted octanol–water partition coefficient (Wildman–Crippen LogP) is 3.50. The SMILES string of the molecule is COC(=O)c1cnc(-c2cc(Br)ccc2F)s1. The monoisotopic (exact) mass is 315 g/mol. The van der Waals surface area contributed by atoms with Crippen LogP contribution in [0.5, 0.6) is 0 Å². The summed E-state index contributed by atoms with van der Waals surface area (Å²) >= 11 is 4.36. The molecule has 0 aliphatic heterocycles. The van der Waals surface area contributed by atoms with Crippen LogP contribution in [0.25, 0.3) is 10.6 Å². The van der Waals surface area contributed by atoms with Crippen LogP contribution in [0.15, 0.2) is 28.9 Å². The molecule has 0 spiro atoms. The molecule has 0 bridgehead atoms. The fourth-order valence-electron chi connectivity index (χ4n) is 1.25. The van der Waals surface area contributed by atoms with Gasteiger partial charge in [0.2, 0.25) is 0 Å².